The van der Waals surface area contributed by atoms with Gasteiger partial charge >= 0.3 is 0 Å². The van der Waals surface area contributed by atoms with Crippen LogP contribution in [0.3, 0.4) is 0 Å². The van der Waals surface area contributed by atoms with Gasteiger partial charge in [-0.05, 0) is 30.3 Å². The second kappa shape index (κ2) is 5.62. The van der Waals surface area contributed by atoms with Crippen LogP contribution in [0, 0.1) is 0 Å². The van der Waals surface area contributed by atoms with Crippen molar-refractivity contribution in [1.82, 2.24) is 0 Å². The first-order valence-corrected chi connectivity index (χ1v) is 7.64. The van der Waals surface area contributed by atoms with Gasteiger partial charge in [-0.3, -0.25) is 9.59 Å². The second-order valence-corrected chi connectivity index (χ2v) is 6.09. The van der Waals surface area contributed by atoms with Crippen molar-refractivity contribution in [2.24, 2.45) is 0 Å². The SMILES string of the molecule is O=C1CCN(C(=O)c2ccc(Br)cc2Cl)c2ccccc21. The Balaban J connectivity index is 2.03. The van der Waals surface area contributed by atoms with Crippen LogP contribution in [-0.2, 0) is 0 Å². The number of hydrogen-bond acceptors (Lipinski definition) is 2. The van der Waals surface area contributed by atoms with E-state index in [1.165, 1.54) is 0 Å². The van der Waals surface area contributed by atoms with Crippen LogP contribution in [0.2, 0.25) is 5.02 Å². The van der Waals surface area contributed by atoms with Crippen LogP contribution >= 0.6 is 27.5 Å². The van der Waals surface area contributed by atoms with Crippen LogP contribution in [0.1, 0.15) is 27.1 Å². The van der Waals surface area contributed by atoms with Gasteiger partial charge in [-0.15, -0.1) is 0 Å². The van der Waals surface area contributed by atoms with Gasteiger partial charge in [0.2, 0.25) is 0 Å². The summed E-state index contributed by atoms with van der Waals surface area (Å²) in [5, 5.41) is 0.392. The van der Waals surface area contributed by atoms with E-state index in [-0.39, 0.29) is 11.7 Å². The molecular formula is C16H11BrClNO2. The van der Waals surface area contributed by atoms with Crippen molar-refractivity contribution in [3.05, 3.63) is 63.1 Å². The predicted octanol–water partition coefficient (Wildman–Crippen LogP) is 4.34. The number of rotatable bonds is 1. The van der Waals surface area contributed by atoms with Crippen molar-refractivity contribution in [1.29, 1.82) is 0 Å². The fraction of sp³-hybridized carbons (Fsp3) is 0.125. The first-order chi connectivity index (χ1) is 10.1. The molecule has 0 bridgehead atoms. The van der Waals surface area contributed by atoms with Crippen molar-refractivity contribution < 1.29 is 9.59 Å². The zero-order chi connectivity index (χ0) is 15.0. The van der Waals surface area contributed by atoms with E-state index in [1.807, 2.05) is 6.07 Å². The highest BCUT2D eigenvalue weighted by Gasteiger charge is 2.28. The summed E-state index contributed by atoms with van der Waals surface area (Å²) in [7, 11) is 0. The lowest BCUT2D eigenvalue weighted by molar-refractivity contribution is 0.0955. The summed E-state index contributed by atoms with van der Waals surface area (Å²) in [6.07, 6.45) is 0.330. The number of carbonyl (C=O) groups excluding carboxylic acids is 2. The Labute approximate surface area is 135 Å². The minimum atomic E-state index is -0.188. The number of anilines is 1. The Morgan fingerprint density at radius 3 is 2.71 bits per heavy atom. The normalized spacial score (nSPS) is 14.0. The highest BCUT2D eigenvalue weighted by molar-refractivity contribution is 9.10. The minimum Gasteiger partial charge on any atom is -0.307 e. The average Bonchev–Trinajstić information content (AvgIpc) is 2.47. The van der Waals surface area contributed by atoms with Gasteiger partial charge < -0.3 is 4.90 Å². The maximum Gasteiger partial charge on any atom is 0.259 e. The first kappa shape index (κ1) is 14.3. The molecule has 0 aromatic heterocycles. The Kier molecular flexibility index (Phi) is 3.83. The van der Waals surface area contributed by atoms with Gasteiger partial charge in [-0.25, -0.2) is 0 Å². The summed E-state index contributed by atoms with van der Waals surface area (Å²) in [6, 6.07) is 12.3. The molecule has 1 heterocycles. The molecule has 0 N–H and O–H groups in total. The Bertz CT molecular complexity index is 745. The maximum absolute atomic E-state index is 12.7. The molecule has 0 fully saturated rings. The standard InChI is InChI=1S/C16H11BrClNO2/c17-10-5-6-11(13(18)9-10)16(21)19-8-7-15(20)12-3-1-2-4-14(12)19/h1-6,9H,7-8H2. The molecule has 0 saturated carbocycles. The molecule has 3 nitrogen and oxygen atoms in total. The molecule has 1 amide bonds. The molecule has 21 heavy (non-hydrogen) atoms. The number of benzene rings is 2. The summed E-state index contributed by atoms with van der Waals surface area (Å²) in [5.74, 6) is -0.121. The van der Waals surface area contributed by atoms with Gasteiger partial charge in [-0.1, -0.05) is 39.7 Å². The number of ketones is 1. The van der Waals surface area contributed by atoms with Gasteiger partial charge in [0, 0.05) is 23.0 Å². The Morgan fingerprint density at radius 2 is 1.95 bits per heavy atom. The van der Waals surface area contributed by atoms with Crippen molar-refractivity contribution in [2.75, 3.05) is 11.4 Å². The van der Waals surface area contributed by atoms with E-state index in [2.05, 4.69) is 15.9 Å². The van der Waals surface area contributed by atoms with Crippen LogP contribution < -0.4 is 4.90 Å². The Hall–Kier alpha value is -1.65. The summed E-state index contributed by atoms with van der Waals surface area (Å²) < 4.78 is 0.818. The van der Waals surface area contributed by atoms with E-state index in [9.17, 15) is 9.59 Å². The molecule has 0 unspecified atom stereocenters. The van der Waals surface area contributed by atoms with Crippen LogP contribution in [0.4, 0.5) is 5.69 Å². The van der Waals surface area contributed by atoms with Gasteiger partial charge in [0.15, 0.2) is 5.78 Å². The zero-order valence-electron chi connectivity index (χ0n) is 11.0. The van der Waals surface area contributed by atoms with Gasteiger partial charge in [-0.2, -0.15) is 0 Å². The topological polar surface area (TPSA) is 37.4 Å². The van der Waals surface area contributed by atoms with Crippen LogP contribution in [0.15, 0.2) is 46.9 Å². The molecule has 3 rings (SSSR count). The molecule has 0 aliphatic carbocycles. The van der Waals surface area contributed by atoms with Crippen LogP contribution in [0.25, 0.3) is 0 Å². The average molecular weight is 365 g/mol. The number of Topliss-reactive ketones (excluding diaryl/α,β-unsaturated/α-hetero) is 1. The van der Waals surface area contributed by atoms with E-state index in [0.717, 1.165) is 4.47 Å². The van der Waals surface area contributed by atoms with E-state index in [4.69, 9.17) is 11.6 Å². The highest BCUT2D eigenvalue weighted by atomic mass is 79.9. The second-order valence-electron chi connectivity index (χ2n) is 4.77. The van der Waals surface area contributed by atoms with Gasteiger partial charge in [0.25, 0.3) is 5.91 Å². The third-order valence-electron chi connectivity index (χ3n) is 3.46. The number of hydrogen-bond donors (Lipinski definition) is 0. The smallest absolute Gasteiger partial charge is 0.259 e. The third kappa shape index (κ3) is 2.61. The highest BCUT2D eigenvalue weighted by Crippen LogP contribution is 2.30. The number of halogens is 2. The number of carbonyl (C=O) groups is 2. The molecule has 1 aliphatic rings. The predicted molar refractivity (Wildman–Crippen MR) is 86.2 cm³/mol. The summed E-state index contributed by atoms with van der Waals surface area (Å²) in [5.41, 5.74) is 1.67. The van der Waals surface area contributed by atoms with Crippen LogP contribution in [0.5, 0.6) is 0 Å². The summed E-state index contributed by atoms with van der Waals surface area (Å²) >= 11 is 9.48. The monoisotopic (exact) mass is 363 g/mol. The largest absolute Gasteiger partial charge is 0.307 e. The molecule has 5 heteroatoms. The van der Waals surface area contributed by atoms with Crippen molar-refractivity contribution in [3.8, 4) is 0 Å². The minimum absolute atomic E-state index is 0.0663. The van der Waals surface area contributed by atoms with E-state index in [0.29, 0.717) is 34.8 Å². The quantitative estimate of drug-likeness (QED) is 0.755. The summed E-state index contributed by atoms with van der Waals surface area (Å²) in [6.45, 7) is 0.376. The molecule has 2 aromatic rings. The lowest BCUT2D eigenvalue weighted by Crippen LogP contribution is -2.37. The lowest BCUT2D eigenvalue weighted by atomic mass is 9.99. The lowest BCUT2D eigenvalue weighted by Gasteiger charge is -2.29. The van der Waals surface area contributed by atoms with Crippen molar-refractivity contribution in [2.45, 2.75) is 6.42 Å². The van der Waals surface area contributed by atoms with Gasteiger partial charge in [0.05, 0.1) is 16.3 Å². The van der Waals surface area contributed by atoms with Crippen molar-refractivity contribution in [3.63, 3.8) is 0 Å². The molecule has 0 radical (unpaired) electrons. The molecular weight excluding hydrogens is 354 g/mol. The number of fused-ring (bicyclic) bond motifs is 1. The van der Waals surface area contributed by atoms with E-state index < -0.39 is 0 Å². The zero-order valence-corrected chi connectivity index (χ0v) is 13.3. The number of amides is 1. The molecule has 2 aromatic carbocycles. The van der Waals surface area contributed by atoms with E-state index in [1.54, 1.807) is 41.3 Å². The Morgan fingerprint density at radius 1 is 1.19 bits per heavy atom. The summed E-state index contributed by atoms with van der Waals surface area (Å²) in [4.78, 5) is 26.3. The van der Waals surface area contributed by atoms with E-state index >= 15 is 0 Å². The molecule has 1 aliphatic heterocycles. The van der Waals surface area contributed by atoms with Crippen LogP contribution in [-0.4, -0.2) is 18.2 Å². The van der Waals surface area contributed by atoms with Gasteiger partial charge in [0.1, 0.15) is 0 Å². The third-order valence-corrected chi connectivity index (χ3v) is 4.27. The van der Waals surface area contributed by atoms with Crippen molar-refractivity contribution >= 4 is 44.9 Å². The maximum atomic E-state index is 12.7. The molecule has 0 saturated heterocycles. The molecule has 0 atom stereocenters. The number of para-hydroxylation sites is 1. The fourth-order valence-corrected chi connectivity index (χ4v) is 3.19. The fourth-order valence-electron chi connectivity index (χ4n) is 2.43. The molecule has 106 valence electrons. The first-order valence-electron chi connectivity index (χ1n) is 6.47. The number of nitrogens with zero attached hydrogens (tertiary/aromatic N) is 1. The molecule has 0 spiro atoms.